The molecule has 2 aromatic heterocycles. The van der Waals surface area contributed by atoms with Crippen LogP contribution in [0.25, 0.3) is 11.1 Å². The molecule has 0 fully saturated rings. The lowest BCUT2D eigenvalue weighted by Crippen LogP contribution is -2.45. The Hall–Kier alpha value is -3.19. The van der Waals surface area contributed by atoms with E-state index in [1.165, 1.54) is 30.7 Å². The summed E-state index contributed by atoms with van der Waals surface area (Å²) in [5.41, 5.74) is 3.71. The van der Waals surface area contributed by atoms with Gasteiger partial charge in [0.15, 0.2) is 0 Å². The number of aromatic nitrogens is 2. The molecule has 0 spiro atoms. The maximum absolute atomic E-state index is 13.6. The summed E-state index contributed by atoms with van der Waals surface area (Å²) in [6.07, 6.45) is -0.704. The second kappa shape index (κ2) is 9.12. The Labute approximate surface area is 185 Å². The SMILES string of the molecule is CCNC(=O)Nc1cc(C2=NC(OC)(C(F)(F)F)CS2)c(-c2cncc(C(N)=O)c2)cn1. The van der Waals surface area contributed by atoms with Crippen LogP contribution in [0.5, 0.6) is 0 Å². The van der Waals surface area contributed by atoms with Gasteiger partial charge in [0, 0.05) is 48.9 Å². The van der Waals surface area contributed by atoms with Crippen LogP contribution in [0.2, 0.25) is 0 Å². The second-order valence-corrected chi connectivity index (χ2v) is 7.58. The lowest BCUT2D eigenvalue weighted by Gasteiger charge is -2.25. The van der Waals surface area contributed by atoms with Gasteiger partial charge < -0.3 is 15.8 Å². The Morgan fingerprint density at radius 1 is 1.25 bits per heavy atom. The number of alkyl halides is 3. The fourth-order valence-electron chi connectivity index (χ4n) is 2.87. The molecular formula is C19H19F3N6O3S. The number of hydrogen-bond acceptors (Lipinski definition) is 7. The van der Waals surface area contributed by atoms with Crippen molar-refractivity contribution in [3.63, 3.8) is 0 Å². The topological polar surface area (TPSA) is 132 Å². The first-order valence-electron chi connectivity index (χ1n) is 9.25. The first-order valence-corrected chi connectivity index (χ1v) is 10.2. The summed E-state index contributed by atoms with van der Waals surface area (Å²) >= 11 is 0.848. The summed E-state index contributed by atoms with van der Waals surface area (Å²) in [5.74, 6) is -1.10. The average Bonchev–Trinajstić information content (AvgIpc) is 3.20. The lowest BCUT2D eigenvalue weighted by molar-refractivity contribution is -0.255. The van der Waals surface area contributed by atoms with Gasteiger partial charge in [-0.1, -0.05) is 0 Å². The number of urea groups is 1. The van der Waals surface area contributed by atoms with Crippen LogP contribution in [0, 0.1) is 0 Å². The number of primary amides is 1. The molecule has 1 aliphatic heterocycles. The molecule has 4 N–H and O–H groups in total. The number of carbonyl (C=O) groups is 2. The van der Waals surface area contributed by atoms with Gasteiger partial charge in [-0.2, -0.15) is 13.2 Å². The Bertz CT molecular complexity index is 1080. The zero-order chi connectivity index (χ0) is 23.5. The van der Waals surface area contributed by atoms with Gasteiger partial charge in [0.2, 0.25) is 5.91 Å². The highest BCUT2D eigenvalue weighted by atomic mass is 32.2. The van der Waals surface area contributed by atoms with Gasteiger partial charge in [-0.3, -0.25) is 15.1 Å². The third kappa shape index (κ3) is 4.67. The van der Waals surface area contributed by atoms with Crippen LogP contribution in [0.1, 0.15) is 22.8 Å². The molecule has 3 heterocycles. The first-order chi connectivity index (χ1) is 15.1. The van der Waals surface area contributed by atoms with Crippen molar-refractivity contribution in [1.82, 2.24) is 15.3 Å². The minimum absolute atomic E-state index is 0.0324. The molecule has 1 aliphatic rings. The van der Waals surface area contributed by atoms with Gasteiger partial charge in [-0.25, -0.2) is 14.8 Å². The number of methoxy groups -OCH3 is 1. The number of anilines is 1. The Balaban J connectivity index is 2.14. The van der Waals surface area contributed by atoms with E-state index in [9.17, 15) is 22.8 Å². The van der Waals surface area contributed by atoms with Crippen LogP contribution in [-0.4, -0.2) is 58.3 Å². The second-order valence-electron chi connectivity index (χ2n) is 6.62. The number of ether oxygens (including phenoxy) is 1. The molecule has 0 aromatic carbocycles. The highest BCUT2D eigenvalue weighted by Gasteiger charge is 2.58. The van der Waals surface area contributed by atoms with E-state index in [1.54, 1.807) is 6.92 Å². The van der Waals surface area contributed by atoms with Crippen molar-refractivity contribution in [2.45, 2.75) is 18.8 Å². The molecule has 1 atom stereocenters. The van der Waals surface area contributed by atoms with Gasteiger partial charge in [0.25, 0.3) is 5.72 Å². The van der Waals surface area contributed by atoms with Crippen molar-refractivity contribution in [3.8, 4) is 11.1 Å². The number of nitrogens with one attached hydrogen (secondary N) is 2. The molecule has 0 saturated heterocycles. The van der Waals surface area contributed by atoms with E-state index in [-0.39, 0.29) is 22.0 Å². The van der Waals surface area contributed by atoms with Crippen molar-refractivity contribution in [1.29, 1.82) is 0 Å². The lowest BCUT2D eigenvalue weighted by atomic mass is 10.0. The fraction of sp³-hybridized carbons (Fsp3) is 0.316. The summed E-state index contributed by atoms with van der Waals surface area (Å²) in [4.78, 5) is 35.4. The molecule has 3 amide bonds. The van der Waals surface area contributed by atoms with Crippen LogP contribution in [0.3, 0.4) is 0 Å². The molecule has 1 unspecified atom stereocenters. The number of halogens is 3. The molecule has 13 heteroatoms. The molecule has 32 heavy (non-hydrogen) atoms. The normalized spacial score (nSPS) is 18.2. The molecule has 0 radical (unpaired) electrons. The zero-order valence-electron chi connectivity index (χ0n) is 17.0. The standard InChI is InChI=1S/C19H19F3N6O3S/c1-3-25-17(30)27-14-5-12(16-28-18(31-2,9-32-16)19(20,21)22)13(8-26-14)10-4-11(15(23)29)7-24-6-10/h4-8H,3,9H2,1-2H3,(H2,23,29)(H2,25,26,27,30). The summed E-state index contributed by atoms with van der Waals surface area (Å²) < 4.78 is 45.6. The van der Waals surface area contributed by atoms with E-state index >= 15 is 0 Å². The van der Waals surface area contributed by atoms with Gasteiger partial charge in [-0.15, -0.1) is 11.8 Å². The zero-order valence-corrected chi connectivity index (χ0v) is 17.8. The van der Waals surface area contributed by atoms with Crippen LogP contribution in [0.4, 0.5) is 23.8 Å². The largest absolute Gasteiger partial charge is 0.439 e. The van der Waals surface area contributed by atoms with E-state index in [2.05, 4.69) is 25.6 Å². The molecule has 2 aromatic rings. The van der Waals surface area contributed by atoms with E-state index in [0.29, 0.717) is 17.7 Å². The predicted octanol–water partition coefficient (Wildman–Crippen LogP) is 2.78. The van der Waals surface area contributed by atoms with Gasteiger partial charge in [-0.05, 0) is 19.1 Å². The van der Waals surface area contributed by atoms with Crippen LogP contribution in [0.15, 0.2) is 35.7 Å². The van der Waals surface area contributed by atoms with E-state index in [0.717, 1.165) is 18.9 Å². The molecular weight excluding hydrogens is 449 g/mol. The molecule has 9 nitrogen and oxygen atoms in total. The van der Waals surface area contributed by atoms with Crippen LogP contribution in [-0.2, 0) is 4.74 Å². The minimum Gasteiger partial charge on any atom is -0.366 e. The number of hydrogen-bond donors (Lipinski definition) is 3. The number of thioether (sulfide) groups is 1. The van der Waals surface area contributed by atoms with Gasteiger partial charge >= 0.3 is 12.2 Å². The minimum atomic E-state index is -4.74. The monoisotopic (exact) mass is 468 g/mol. The van der Waals surface area contributed by atoms with Crippen molar-refractivity contribution >= 4 is 34.6 Å². The summed E-state index contributed by atoms with van der Waals surface area (Å²) in [7, 11) is 0.941. The quantitative estimate of drug-likeness (QED) is 0.597. The highest BCUT2D eigenvalue weighted by Crippen LogP contribution is 2.44. The molecule has 170 valence electrons. The number of nitrogens with two attached hydrogens (primary N) is 1. The molecule has 0 aliphatic carbocycles. The van der Waals surface area contributed by atoms with Gasteiger partial charge in [0.1, 0.15) is 10.9 Å². The van der Waals surface area contributed by atoms with E-state index < -0.39 is 29.6 Å². The first kappa shape index (κ1) is 23.5. The number of rotatable bonds is 6. The number of amides is 3. The molecule has 0 bridgehead atoms. The number of carbonyl (C=O) groups excluding carboxylic acids is 2. The Morgan fingerprint density at radius 2 is 2.00 bits per heavy atom. The molecule has 3 rings (SSSR count). The average molecular weight is 468 g/mol. The number of pyridine rings is 2. The third-order valence-electron chi connectivity index (χ3n) is 4.51. The van der Waals surface area contributed by atoms with E-state index in [1.807, 2.05) is 0 Å². The van der Waals surface area contributed by atoms with Crippen molar-refractivity contribution in [2.24, 2.45) is 10.7 Å². The van der Waals surface area contributed by atoms with Crippen molar-refractivity contribution in [2.75, 3.05) is 24.7 Å². The van der Waals surface area contributed by atoms with Gasteiger partial charge in [0.05, 0.1) is 11.3 Å². The van der Waals surface area contributed by atoms with Crippen molar-refractivity contribution in [3.05, 3.63) is 41.9 Å². The maximum atomic E-state index is 13.6. The summed E-state index contributed by atoms with van der Waals surface area (Å²) in [6, 6.07) is 2.31. The highest BCUT2D eigenvalue weighted by molar-refractivity contribution is 8.14. The summed E-state index contributed by atoms with van der Waals surface area (Å²) in [6.45, 7) is 2.10. The maximum Gasteiger partial charge on any atom is 0.439 e. The smallest absolute Gasteiger partial charge is 0.366 e. The fourth-order valence-corrected chi connectivity index (χ4v) is 4.09. The molecule has 0 saturated carbocycles. The predicted molar refractivity (Wildman–Crippen MR) is 113 cm³/mol. The Morgan fingerprint density at radius 3 is 2.59 bits per heavy atom. The van der Waals surface area contributed by atoms with E-state index in [4.69, 9.17) is 10.5 Å². The van der Waals surface area contributed by atoms with Crippen LogP contribution < -0.4 is 16.4 Å². The van der Waals surface area contributed by atoms with Crippen molar-refractivity contribution < 1.29 is 27.5 Å². The third-order valence-corrected chi connectivity index (χ3v) is 5.63. The Kier molecular flexibility index (Phi) is 6.69. The number of aliphatic imine (C=N–C) groups is 1. The summed E-state index contributed by atoms with van der Waals surface area (Å²) in [5, 5.41) is 5.08. The number of nitrogens with zero attached hydrogens (tertiary/aromatic N) is 3. The van der Waals surface area contributed by atoms with Crippen LogP contribution >= 0.6 is 11.8 Å².